The quantitative estimate of drug-likeness (QED) is 0.242. The monoisotopic (exact) mass is 544 g/mol. The maximum atomic E-state index is 12.1. The van der Waals surface area contributed by atoms with Crippen molar-refractivity contribution in [3.8, 4) is 17.2 Å². The molecule has 202 valence electrons. The van der Waals surface area contributed by atoms with Crippen molar-refractivity contribution in [2.45, 2.75) is 38.5 Å². The van der Waals surface area contributed by atoms with Gasteiger partial charge in [-0.05, 0) is 85.1 Å². The number of thioether (sulfide) groups is 1. The van der Waals surface area contributed by atoms with Crippen LogP contribution in [0.25, 0.3) is 11.0 Å². The first-order valence-electron chi connectivity index (χ1n) is 12.9. The largest absolute Gasteiger partial charge is 0.486 e. The zero-order chi connectivity index (χ0) is 27.6. The molecule has 8 nitrogen and oxygen atoms in total. The Labute approximate surface area is 232 Å². The fourth-order valence-corrected chi connectivity index (χ4v) is 5.31. The number of anilines is 1. The molecule has 2 amide bonds. The normalized spacial score (nSPS) is 17.1. The Bertz CT molecular complexity index is 1500. The number of imidazole rings is 1. The molecule has 1 aliphatic heterocycles. The van der Waals surface area contributed by atoms with Crippen molar-refractivity contribution in [2.24, 2.45) is 13.0 Å². The molecule has 4 aromatic rings. The number of carbonyl (C=O) groups excluding carboxylic acids is 2. The highest BCUT2D eigenvalue weighted by Crippen LogP contribution is 2.35. The molecule has 0 radical (unpaired) electrons. The van der Waals surface area contributed by atoms with E-state index in [1.54, 1.807) is 6.92 Å². The lowest BCUT2D eigenvalue weighted by atomic mass is 9.99. The molecule has 0 saturated carbocycles. The lowest BCUT2D eigenvalue weighted by molar-refractivity contribution is -0.121. The standard InChI is InChI=1S/C30H32N4O4S/c1-19(2)17-31-21-7-11-23(12-8-21)38-24-13-14-25-26(15-24)34(4)27(32-25)18-37-22-9-5-20(6-10-22)16-30(3)28(35)33-29(36)39-30/h5-15,19,31H,16-18H2,1-4H3,(H,33,35,36). The first-order chi connectivity index (χ1) is 18.7. The van der Waals surface area contributed by atoms with E-state index < -0.39 is 4.75 Å². The molecule has 0 spiro atoms. The molecule has 0 aliphatic carbocycles. The van der Waals surface area contributed by atoms with Crippen LogP contribution in [-0.2, 0) is 24.9 Å². The zero-order valence-corrected chi connectivity index (χ0v) is 23.3. The van der Waals surface area contributed by atoms with Gasteiger partial charge in [0.25, 0.3) is 5.24 Å². The summed E-state index contributed by atoms with van der Waals surface area (Å²) >= 11 is 1.04. The summed E-state index contributed by atoms with van der Waals surface area (Å²) in [5.74, 6) is 3.33. The van der Waals surface area contributed by atoms with Gasteiger partial charge in [-0.2, -0.15) is 0 Å². The molecule has 1 unspecified atom stereocenters. The van der Waals surface area contributed by atoms with E-state index in [9.17, 15) is 9.59 Å². The Morgan fingerprint density at radius 1 is 1.00 bits per heavy atom. The molecule has 1 aromatic heterocycles. The number of aryl methyl sites for hydroxylation is 1. The van der Waals surface area contributed by atoms with Gasteiger partial charge < -0.3 is 19.4 Å². The third-order valence-electron chi connectivity index (χ3n) is 6.60. The van der Waals surface area contributed by atoms with Crippen LogP contribution < -0.4 is 20.1 Å². The fourth-order valence-electron chi connectivity index (χ4n) is 4.37. The number of nitrogens with zero attached hydrogens (tertiary/aromatic N) is 2. The summed E-state index contributed by atoms with van der Waals surface area (Å²) in [5.41, 5.74) is 3.84. The van der Waals surface area contributed by atoms with E-state index in [0.29, 0.717) is 24.7 Å². The van der Waals surface area contributed by atoms with Crippen molar-refractivity contribution in [3.63, 3.8) is 0 Å². The molecule has 2 heterocycles. The Kier molecular flexibility index (Phi) is 7.52. The molecular formula is C30H32N4O4S. The second-order valence-corrected chi connectivity index (χ2v) is 11.8. The molecule has 1 atom stereocenters. The SMILES string of the molecule is CC(C)CNc1ccc(Oc2ccc3nc(COc4ccc(CC5(C)SC(=O)NC5=O)cc4)n(C)c3c2)cc1. The highest BCUT2D eigenvalue weighted by molar-refractivity contribution is 8.16. The van der Waals surface area contributed by atoms with Crippen LogP contribution in [0.1, 0.15) is 32.2 Å². The highest BCUT2D eigenvalue weighted by atomic mass is 32.2. The van der Waals surface area contributed by atoms with E-state index in [-0.39, 0.29) is 11.1 Å². The lowest BCUT2D eigenvalue weighted by Crippen LogP contribution is -2.35. The van der Waals surface area contributed by atoms with Crippen molar-refractivity contribution in [1.29, 1.82) is 0 Å². The van der Waals surface area contributed by atoms with E-state index in [1.165, 1.54) is 0 Å². The van der Waals surface area contributed by atoms with E-state index in [2.05, 4.69) is 24.5 Å². The lowest BCUT2D eigenvalue weighted by Gasteiger charge is -2.18. The maximum Gasteiger partial charge on any atom is 0.286 e. The Morgan fingerprint density at radius 3 is 2.36 bits per heavy atom. The van der Waals surface area contributed by atoms with E-state index in [4.69, 9.17) is 14.5 Å². The predicted octanol–water partition coefficient (Wildman–Crippen LogP) is 6.30. The number of benzene rings is 3. The molecule has 3 aromatic carbocycles. The minimum absolute atomic E-state index is 0.250. The van der Waals surface area contributed by atoms with Gasteiger partial charge in [0.2, 0.25) is 5.91 Å². The predicted molar refractivity (Wildman–Crippen MR) is 155 cm³/mol. The summed E-state index contributed by atoms with van der Waals surface area (Å²) in [4.78, 5) is 28.4. The summed E-state index contributed by atoms with van der Waals surface area (Å²) in [5, 5.41) is 5.47. The minimum atomic E-state index is -0.788. The van der Waals surface area contributed by atoms with Gasteiger partial charge in [0.05, 0.1) is 11.0 Å². The number of hydrogen-bond acceptors (Lipinski definition) is 7. The number of nitrogens with one attached hydrogen (secondary N) is 2. The van der Waals surface area contributed by atoms with Crippen LogP contribution >= 0.6 is 11.8 Å². The molecule has 5 rings (SSSR count). The Hall–Kier alpha value is -3.98. The molecule has 9 heteroatoms. The summed E-state index contributed by atoms with van der Waals surface area (Å²) in [6.45, 7) is 7.37. The second kappa shape index (κ2) is 11.0. The number of amides is 2. The van der Waals surface area contributed by atoms with Crippen molar-refractivity contribution in [2.75, 3.05) is 11.9 Å². The molecule has 1 aliphatic rings. The zero-order valence-electron chi connectivity index (χ0n) is 22.5. The number of imide groups is 1. The third-order valence-corrected chi connectivity index (χ3v) is 7.66. The molecule has 2 N–H and O–H groups in total. The van der Waals surface area contributed by atoms with Gasteiger partial charge in [0.15, 0.2) is 0 Å². The number of fused-ring (bicyclic) bond motifs is 1. The molecular weight excluding hydrogens is 512 g/mol. The fraction of sp³-hybridized carbons (Fsp3) is 0.300. The van der Waals surface area contributed by atoms with Gasteiger partial charge in [0, 0.05) is 25.3 Å². The van der Waals surface area contributed by atoms with Crippen LogP contribution in [0.2, 0.25) is 0 Å². The Balaban J connectivity index is 1.21. The van der Waals surface area contributed by atoms with Crippen molar-refractivity contribution in [1.82, 2.24) is 14.9 Å². The summed E-state index contributed by atoms with van der Waals surface area (Å²) in [6.07, 6.45) is 0.462. The average Bonchev–Trinajstić information content (AvgIpc) is 3.36. The van der Waals surface area contributed by atoms with Crippen LogP contribution in [0.3, 0.4) is 0 Å². The third kappa shape index (κ3) is 6.20. The number of hydrogen-bond donors (Lipinski definition) is 2. The molecule has 0 bridgehead atoms. The number of carbonyl (C=O) groups is 2. The first-order valence-corrected chi connectivity index (χ1v) is 13.7. The van der Waals surface area contributed by atoms with Gasteiger partial charge in [-0.3, -0.25) is 14.9 Å². The van der Waals surface area contributed by atoms with Gasteiger partial charge >= 0.3 is 0 Å². The number of rotatable bonds is 10. The number of ether oxygens (including phenoxy) is 2. The van der Waals surface area contributed by atoms with Gasteiger partial charge in [0.1, 0.15) is 34.4 Å². The van der Waals surface area contributed by atoms with E-state index in [0.717, 1.165) is 57.9 Å². The van der Waals surface area contributed by atoms with Gasteiger partial charge in [-0.25, -0.2) is 4.98 Å². The minimum Gasteiger partial charge on any atom is -0.486 e. The summed E-state index contributed by atoms with van der Waals surface area (Å²) in [7, 11) is 1.96. The summed E-state index contributed by atoms with van der Waals surface area (Å²) < 4.78 is 13.3. The maximum absolute atomic E-state index is 12.1. The first kappa shape index (κ1) is 26.6. The second-order valence-electron chi connectivity index (χ2n) is 10.3. The average molecular weight is 545 g/mol. The molecule has 39 heavy (non-hydrogen) atoms. The van der Waals surface area contributed by atoms with E-state index in [1.807, 2.05) is 78.3 Å². The topological polar surface area (TPSA) is 94.5 Å². The molecule has 1 fully saturated rings. The van der Waals surface area contributed by atoms with Crippen LogP contribution in [0.4, 0.5) is 10.5 Å². The van der Waals surface area contributed by atoms with E-state index >= 15 is 0 Å². The van der Waals surface area contributed by atoms with Crippen molar-refractivity contribution >= 4 is 39.6 Å². The number of aromatic nitrogens is 2. The van der Waals surface area contributed by atoms with Crippen LogP contribution in [0, 0.1) is 5.92 Å². The van der Waals surface area contributed by atoms with Crippen molar-refractivity contribution < 1.29 is 19.1 Å². The van der Waals surface area contributed by atoms with Crippen LogP contribution in [-0.4, -0.2) is 32.0 Å². The van der Waals surface area contributed by atoms with Crippen LogP contribution in [0.15, 0.2) is 66.7 Å². The smallest absolute Gasteiger partial charge is 0.286 e. The van der Waals surface area contributed by atoms with Gasteiger partial charge in [-0.15, -0.1) is 0 Å². The van der Waals surface area contributed by atoms with Gasteiger partial charge in [-0.1, -0.05) is 26.0 Å². The highest BCUT2D eigenvalue weighted by Gasteiger charge is 2.43. The van der Waals surface area contributed by atoms with Crippen LogP contribution in [0.5, 0.6) is 17.2 Å². The summed E-state index contributed by atoms with van der Waals surface area (Å²) in [6, 6.07) is 21.4. The van der Waals surface area contributed by atoms with Crippen molar-refractivity contribution in [3.05, 3.63) is 78.1 Å². The molecule has 1 saturated heterocycles. The Morgan fingerprint density at radius 2 is 1.69 bits per heavy atom.